The summed E-state index contributed by atoms with van der Waals surface area (Å²) in [6.45, 7) is 0.126. The number of imide groups is 1. The van der Waals surface area contributed by atoms with Crippen LogP contribution in [0.25, 0.3) is 0 Å². The Hall–Kier alpha value is -2.24. The van der Waals surface area contributed by atoms with Crippen LogP contribution in [-0.4, -0.2) is 35.2 Å². The number of hydrogen-bond acceptors (Lipinski definition) is 3. The lowest BCUT2D eigenvalue weighted by molar-refractivity contribution is -0.138. The molecule has 1 aromatic carbocycles. The SMILES string of the molecule is O=C(CCN1C(=O)CCC1=O)N[C@@H]1C[C@H]1c1ccccc1F. The highest BCUT2D eigenvalue weighted by atomic mass is 19.1. The Kier molecular flexibility index (Phi) is 3.92. The first-order chi connectivity index (χ1) is 10.6. The number of hydrogen-bond donors (Lipinski definition) is 1. The molecule has 3 amide bonds. The summed E-state index contributed by atoms with van der Waals surface area (Å²) in [4.78, 5) is 35.9. The first-order valence-corrected chi connectivity index (χ1v) is 7.43. The summed E-state index contributed by atoms with van der Waals surface area (Å²) >= 11 is 0. The highest BCUT2D eigenvalue weighted by molar-refractivity contribution is 6.02. The largest absolute Gasteiger partial charge is 0.353 e. The molecule has 0 unspecified atom stereocenters. The van der Waals surface area contributed by atoms with Gasteiger partial charge in [-0.1, -0.05) is 18.2 Å². The Morgan fingerprint density at radius 2 is 1.91 bits per heavy atom. The van der Waals surface area contributed by atoms with Gasteiger partial charge in [0.05, 0.1) is 0 Å². The number of amides is 3. The van der Waals surface area contributed by atoms with E-state index >= 15 is 0 Å². The van der Waals surface area contributed by atoms with Crippen LogP contribution in [0, 0.1) is 5.82 Å². The van der Waals surface area contributed by atoms with Gasteiger partial charge in [0.15, 0.2) is 0 Å². The topological polar surface area (TPSA) is 66.5 Å². The van der Waals surface area contributed by atoms with Gasteiger partial charge in [-0.2, -0.15) is 0 Å². The zero-order valence-corrected chi connectivity index (χ0v) is 12.0. The van der Waals surface area contributed by atoms with Gasteiger partial charge in [-0.3, -0.25) is 19.3 Å². The molecule has 1 N–H and O–H groups in total. The summed E-state index contributed by atoms with van der Waals surface area (Å²) in [6.07, 6.45) is 1.28. The van der Waals surface area contributed by atoms with Crippen molar-refractivity contribution >= 4 is 17.7 Å². The Labute approximate surface area is 127 Å². The van der Waals surface area contributed by atoms with Crippen LogP contribution in [0.4, 0.5) is 4.39 Å². The van der Waals surface area contributed by atoms with Crippen molar-refractivity contribution in [1.29, 1.82) is 0 Å². The number of likely N-dealkylation sites (tertiary alicyclic amines) is 1. The fourth-order valence-electron chi connectivity index (χ4n) is 2.84. The monoisotopic (exact) mass is 304 g/mol. The first-order valence-electron chi connectivity index (χ1n) is 7.43. The molecule has 2 aliphatic rings. The molecule has 22 heavy (non-hydrogen) atoms. The van der Waals surface area contributed by atoms with Gasteiger partial charge in [0.2, 0.25) is 17.7 Å². The molecule has 0 radical (unpaired) electrons. The third kappa shape index (κ3) is 3.00. The van der Waals surface area contributed by atoms with Gasteiger partial charge in [-0.05, 0) is 18.1 Å². The smallest absolute Gasteiger partial charge is 0.229 e. The van der Waals surface area contributed by atoms with Crippen molar-refractivity contribution in [2.75, 3.05) is 6.54 Å². The molecule has 0 aromatic heterocycles. The van der Waals surface area contributed by atoms with Gasteiger partial charge in [0.25, 0.3) is 0 Å². The highest BCUT2D eigenvalue weighted by Crippen LogP contribution is 2.41. The van der Waals surface area contributed by atoms with E-state index in [0.717, 1.165) is 4.90 Å². The Morgan fingerprint density at radius 3 is 2.59 bits per heavy atom. The second kappa shape index (κ2) is 5.87. The fourth-order valence-corrected chi connectivity index (χ4v) is 2.84. The molecule has 1 heterocycles. The van der Waals surface area contributed by atoms with Crippen molar-refractivity contribution in [3.05, 3.63) is 35.6 Å². The Morgan fingerprint density at radius 1 is 1.23 bits per heavy atom. The van der Waals surface area contributed by atoms with Crippen molar-refractivity contribution in [3.8, 4) is 0 Å². The molecule has 1 aliphatic carbocycles. The van der Waals surface area contributed by atoms with Gasteiger partial charge in [0, 0.05) is 37.8 Å². The Bertz CT molecular complexity index is 616. The number of halogens is 1. The third-order valence-electron chi connectivity index (χ3n) is 4.16. The van der Waals surface area contributed by atoms with Crippen molar-refractivity contribution in [1.82, 2.24) is 10.2 Å². The average molecular weight is 304 g/mol. The molecular weight excluding hydrogens is 287 g/mol. The zero-order valence-electron chi connectivity index (χ0n) is 12.0. The second-order valence-corrected chi connectivity index (χ2v) is 5.73. The highest BCUT2D eigenvalue weighted by Gasteiger charge is 2.41. The summed E-state index contributed by atoms with van der Waals surface area (Å²) in [7, 11) is 0. The van der Waals surface area contributed by atoms with Crippen LogP contribution in [0.1, 0.15) is 37.2 Å². The molecule has 0 spiro atoms. The van der Waals surface area contributed by atoms with Crippen LogP contribution >= 0.6 is 0 Å². The van der Waals surface area contributed by atoms with E-state index in [-0.39, 0.29) is 61.3 Å². The van der Waals surface area contributed by atoms with E-state index in [1.54, 1.807) is 18.2 Å². The lowest BCUT2D eigenvalue weighted by Gasteiger charge is -2.13. The van der Waals surface area contributed by atoms with Crippen molar-refractivity contribution in [2.45, 2.75) is 37.6 Å². The van der Waals surface area contributed by atoms with Gasteiger partial charge in [-0.25, -0.2) is 4.39 Å². The minimum atomic E-state index is -0.252. The van der Waals surface area contributed by atoms with Crippen LogP contribution in [0.2, 0.25) is 0 Å². The standard InChI is InChI=1S/C16H17FN2O3/c17-12-4-2-1-3-10(12)11-9-13(11)18-14(20)7-8-19-15(21)5-6-16(19)22/h1-4,11,13H,5-9H2,(H,18,20)/t11-,13+/m0/s1. The number of carbonyl (C=O) groups is 3. The van der Waals surface area contributed by atoms with Crippen LogP contribution in [0.15, 0.2) is 24.3 Å². The molecule has 116 valence electrons. The van der Waals surface area contributed by atoms with Crippen LogP contribution in [0.3, 0.4) is 0 Å². The maximum absolute atomic E-state index is 13.6. The zero-order chi connectivity index (χ0) is 15.7. The predicted molar refractivity (Wildman–Crippen MR) is 76.3 cm³/mol. The van der Waals surface area contributed by atoms with Crippen LogP contribution in [-0.2, 0) is 14.4 Å². The molecule has 2 atom stereocenters. The summed E-state index contributed by atoms with van der Waals surface area (Å²) in [5.74, 6) is -0.879. The molecule has 3 rings (SSSR count). The van der Waals surface area contributed by atoms with Crippen LogP contribution in [0.5, 0.6) is 0 Å². The number of rotatable bonds is 5. The number of benzene rings is 1. The lowest BCUT2D eigenvalue weighted by Crippen LogP contribution is -2.35. The predicted octanol–water partition coefficient (Wildman–Crippen LogP) is 1.34. The summed E-state index contributed by atoms with van der Waals surface area (Å²) < 4.78 is 13.6. The first kappa shape index (κ1) is 14.7. The molecular formula is C16H17FN2O3. The molecule has 1 aliphatic heterocycles. The number of carbonyl (C=O) groups excluding carboxylic acids is 3. The quantitative estimate of drug-likeness (QED) is 0.835. The maximum Gasteiger partial charge on any atom is 0.229 e. The number of nitrogens with one attached hydrogen (secondary N) is 1. The molecule has 0 bridgehead atoms. The van der Waals surface area contributed by atoms with E-state index in [1.165, 1.54) is 6.07 Å². The van der Waals surface area contributed by atoms with E-state index in [2.05, 4.69) is 5.32 Å². The third-order valence-corrected chi connectivity index (χ3v) is 4.16. The van der Waals surface area contributed by atoms with E-state index < -0.39 is 0 Å². The summed E-state index contributed by atoms with van der Waals surface area (Å²) in [5, 5.41) is 2.83. The lowest BCUT2D eigenvalue weighted by atomic mass is 10.1. The van der Waals surface area contributed by atoms with Gasteiger partial charge >= 0.3 is 0 Å². The minimum Gasteiger partial charge on any atom is -0.353 e. The second-order valence-electron chi connectivity index (χ2n) is 5.73. The Balaban J connectivity index is 1.47. The van der Waals surface area contributed by atoms with E-state index in [9.17, 15) is 18.8 Å². The van der Waals surface area contributed by atoms with Crippen molar-refractivity contribution < 1.29 is 18.8 Å². The molecule has 6 heteroatoms. The molecule has 1 saturated carbocycles. The maximum atomic E-state index is 13.6. The van der Waals surface area contributed by atoms with Gasteiger partial charge < -0.3 is 5.32 Å². The van der Waals surface area contributed by atoms with E-state index in [4.69, 9.17) is 0 Å². The fraction of sp³-hybridized carbons (Fsp3) is 0.438. The normalized spacial score (nSPS) is 23.8. The average Bonchev–Trinajstić information content (AvgIpc) is 3.16. The van der Waals surface area contributed by atoms with Crippen molar-refractivity contribution in [2.24, 2.45) is 0 Å². The van der Waals surface area contributed by atoms with E-state index in [1.807, 2.05) is 0 Å². The molecule has 1 saturated heterocycles. The van der Waals surface area contributed by atoms with Crippen molar-refractivity contribution in [3.63, 3.8) is 0 Å². The summed E-state index contributed by atoms with van der Waals surface area (Å²) in [5.41, 5.74) is 0.623. The van der Waals surface area contributed by atoms with Crippen LogP contribution < -0.4 is 5.32 Å². The molecule has 1 aromatic rings. The number of nitrogens with zero attached hydrogens (tertiary/aromatic N) is 1. The molecule has 2 fully saturated rings. The molecule has 5 nitrogen and oxygen atoms in total. The van der Waals surface area contributed by atoms with E-state index in [0.29, 0.717) is 12.0 Å². The van der Waals surface area contributed by atoms with Gasteiger partial charge in [0.1, 0.15) is 5.82 Å². The van der Waals surface area contributed by atoms with Gasteiger partial charge in [-0.15, -0.1) is 0 Å². The minimum absolute atomic E-state index is 0.0141. The summed E-state index contributed by atoms with van der Waals surface area (Å²) in [6, 6.07) is 6.50.